The minimum atomic E-state index is 0.0456. The SMILES string of the molecule is C#Cc1cccc(C(C)(C)C)c1Cl. The normalized spacial score (nSPS) is 11.0. The van der Waals surface area contributed by atoms with Gasteiger partial charge in [0, 0.05) is 5.56 Å². The van der Waals surface area contributed by atoms with E-state index in [1.54, 1.807) is 0 Å². The van der Waals surface area contributed by atoms with Crippen molar-refractivity contribution in [2.45, 2.75) is 26.2 Å². The summed E-state index contributed by atoms with van der Waals surface area (Å²) in [5.74, 6) is 2.58. The van der Waals surface area contributed by atoms with Crippen molar-refractivity contribution in [3.8, 4) is 12.3 Å². The Kier molecular flexibility index (Phi) is 2.68. The van der Waals surface area contributed by atoms with Crippen LogP contribution in [0.25, 0.3) is 0 Å². The second-order valence-electron chi connectivity index (χ2n) is 4.06. The van der Waals surface area contributed by atoms with Gasteiger partial charge < -0.3 is 0 Å². The lowest BCUT2D eigenvalue weighted by atomic mass is 9.86. The first-order chi connectivity index (χ1) is 5.96. The zero-order valence-electron chi connectivity index (χ0n) is 8.19. The van der Waals surface area contributed by atoms with Crippen LogP contribution < -0.4 is 0 Å². The van der Waals surface area contributed by atoms with Crippen molar-refractivity contribution in [2.24, 2.45) is 0 Å². The highest BCUT2D eigenvalue weighted by Crippen LogP contribution is 2.31. The molecule has 0 radical (unpaired) electrons. The Labute approximate surface area is 84.9 Å². The van der Waals surface area contributed by atoms with Gasteiger partial charge in [0.15, 0.2) is 0 Å². The van der Waals surface area contributed by atoms with Crippen LogP contribution >= 0.6 is 11.6 Å². The molecule has 1 aromatic rings. The molecule has 0 N–H and O–H groups in total. The molecule has 1 rings (SSSR count). The molecule has 0 unspecified atom stereocenters. The van der Waals surface area contributed by atoms with Gasteiger partial charge in [-0.2, -0.15) is 0 Å². The number of benzene rings is 1. The fraction of sp³-hybridized carbons (Fsp3) is 0.333. The summed E-state index contributed by atoms with van der Waals surface area (Å²) in [6, 6.07) is 5.82. The fourth-order valence-corrected chi connectivity index (χ4v) is 1.69. The molecule has 0 saturated heterocycles. The Morgan fingerprint density at radius 3 is 2.38 bits per heavy atom. The second kappa shape index (κ2) is 3.44. The third-order valence-corrected chi connectivity index (χ3v) is 2.37. The van der Waals surface area contributed by atoms with Gasteiger partial charge in [0.25, 0.3) is 0 Å². The highest BCUT2D eigenvalue weighted by Gasteiger charge is 2.17. The lowest BCUT2D eigenvalue weighted by molar-refractivity contribution is 0.590. The second-order valence-corrected chi connectivity index (χ2v) is 4.44. The average Bonchev–Trinajstić information content (AvgIpc) is 2.02. The zero-order valence-corrected chi connectivity index (χ0v) is 8.94. The van der Waals surface area contributed by atoms with Gasteiger partial charge in [-0.05, 0) is 17.0 Å². The van der Waals surface area contributed by atoms with Crippen LogP contribution in [-0.4, -0.2) is 0 Å². The van der Waals surface area contributed by atoms with Gasteiger partial charge in [-0.15, -0.1) is 6.42 Å². The molecule has 0 fully saturated rings. The number of hydrogen-bond acceptors (Lipinski definition) is 0. The van der Waals surface area contributed by atoms with Crippen molar-refractivity contribution in [2.75, 3.05) is 0 Å². The zero-order chi connectivity index (χ0) is 10.1. The molecule has 1 aromatic carbocycles. The Morgan fingerprint density at radius 1 is 1.31 bits per heavy atom. The third kappa shape index (κ3) is 2.05. The predicted molar refractivity (Wildman–Crippen MR) is 58.1 cm³/mol. The monoisotopic (exact) mass is 192 g/mol. The van der Waals surface area contributed by atoms with Crippen LogP contribution in [0.5, 0.6) is 0 Å². The van der Waals surface area contributed by atoms with E-state index in [2.05, 4.69) is 26.7 Å². The molecule has 0 spiro atoms. The highest BCUT2D eigenvalue weighted by atomic mass is 35.5. The van der Waals surface area contributed by atoms with Crippen LogP contribution in [0.1, 0.15) is 31.9 Å². The van der Waals surface area contributed by atoms with E-state index in [-0.39, 0.29) is 5.41 Å². The maximum absolute atomic E-state index is 6.15. The Bertz CT molecular complexity index is 350. The van der Waals surface area contributed by atoms with Crippen LogP contribution in [0, 0.1) is 12.3 Å². The van der Waals surface area contributed by atoms with Crippen LogP contribution in [0.4, 0.5) is 0 Å². The van der Waals surface area contributed by atoms with E-state index in [1.165, 1.54) is 0 Å². The van der Waals surface area contributed by atoms with Crippen LogP contribution in [-0.2, 0) is 5.41 Å². The Hall–Kier alpha value is -0.930. The van der Waals surface area contributed by atoms with Gasteiger partial charge in [0.1, 0.15) is 0 Å². The summed E-state index contributed by atoms with van der Waals surface area (Å²) in [4.78, 5) is 0. The molecule has 13 heavy (non-hydrogen) atoms. The molecule has 0 heterocycles. The molecule has 1 heteroatoms. The summed E-state index contributed by atoms with van der Waals surface area (Å²) in [6.45, 7) is 6.36. The van der Waals surface area contributed by atoms with Gasteiger partial charge in [-0.25, -0.2) is 0 Å². The first-order valence-corrected chi connectivity index (χ1v) is 4.60. The highest BCUT2D eigenvalue weighted by molar-refractivity contribution is 6.32. The van der Waals surface area contributed by atoms with Crippen molar-refractivity contribution >= 4 is 11.6 Å². The maximum Gasteiger partial charge on any atom is 0.0599 e. The molecule has 0 aliphatic rings. The van der Waals surface area contributed by atoms with Crippen molar-refractivity contribution < 1.29 is 0 Å². The van der Waals surface area contributed by atoms with E-state index >= 15 is 0 Å². The van der Waals surface area contributed by atoms with Gasteiger partial charge in [0.2, 0.25) is 0 Å². The molecular weight excluding hydrogens is 180 g/mol. The topological polar surface area (TPSA) is 0 Å². The first-order valence-electron chi connectivity index (χ1n) is 4.22. The molecule has 68 valence electrons. The van der Waals surface area contributed by atoms with E-state index in [4.69, 9.17) is 18.0 Å². The molecule has 0 aliphatic carbocycles. The number of halogens is 1. The van der Waals surface area contributed by atoms with Gasteiger partial charge in [-0.3, -0.25) is 0 Å². The molecule has 0 nitrogen and oxygen atoms in total. The molecule has 0 bridgehead atoms. The number of terminal acetylenes is 1. The van der Waals surface area contributed by atoms with Crippen LogP contribution in [0.15, 0.2) is 18.2 Å². The summed E-state index contributed by atoms with van der Waals surface area (Å²) in [5.41, 5.74) is 1.92. The van der Waals surface area contributed by atoms with Crippen molar-refractivity contribution in [1.82, 2.24) is 0 Å². The summed E-state index contributed by atoms with van der Waals surface area (Å²) in [5, 5.41) is 0.706. The van der Waals surface area contributed by atoms with Crippen molar-refractivity contribution in [1.29, 1.82) is 0 Å². The van der Waals surface area contributed by atoms with Gasteiger partial charge in [-0.1, -0.05) is 50.4 Å². The van der Waals surface area contributed by atoms with E-state index in [0.29, 0.717) is 5.02 Å². The standard InChI is InChI=1S/C12H13Cl/c1-5-9-7-6-8-10(11(9)13)12(2,3)4/h1,6-8H,2-4H3. The molecule has 0 aromatic heterocycles. The summed E-state index contributed by atoms with van der Waals surface area (Å²) < 4.78 is 0. The minimum absolute atomic E-state index is 0.0456. The predicted octanol–water partition coefficient (Wildman–Crippen LogP) is 3.62. The van der Waals surface area contributed by atoms with Crippen molar-refractivity contribution in [3.63, 3.8) is 0 Å². The third-order valence-electron chi connectivity index (χ3n) is 1.96. The summed E-state index contributed by atoms with van der Waals surface area (Å²) >= 11 is 6.15. The molecule has 0 saturated carbocycles. The van der Waals surface area contributed by atoms with Crippen molar-refractivity contribution in [3.05, 3.63) is 34.3 Å². The Morgan fingerprint density at radius 2 is 1.92 bits per heavy atom. The van der Waals surface area contributed by atoms with E-state index in [9.17, 15) is 0 Å². The first kappa shape index (κ1) is 10.2. The largest absolute Gasteiger partial charge is 0.115 e. The average molecular weight is 193 g/mol. The van der Waals surface area contributed by atoms with E-state index in [0.717, 1.165) is 11.1 Å². The van der Waals surface area contributed by atoms with E-state index in [1.807, 2.05) is 18.2 Å². The van der Waals surface area contributed by atoms with E-state index < -0.39 is 0 Å². The minimum Gasteiger partial charge on any atom is -0.115 e. The van der Waals surface area contributed by atoms with Gasteiger partial charge >= 0.3 is 0 Å². The Balaban J connectivity index is 3.34. The molecule has 0 atom stereocenters. The quantitative estimate of drug-likeness (QED) is 0.551. The number of hydrogen-bond donors (Lipinski definition) is 0. The summed E-state index contributed by atoms with van der Waals surface area (Å²) in [6.07, 6.45) is 5.33. The summed E-state index contributed by atoms with van der Waals surface area (Å²) in [7, 11) is 0. The van der Waals surface area contributed by atoms with Gasteiger partial charge in [0.05, 0.1) is 5.02 Å². The maximum atomic E-state index is 6.15. The van der Waals surface area contributed by atoms with Crippen LogP contribution in [0.3, 0.4) is 0 Å². The smallest absolute Gasteiger partial charge is 0.0599 e. The molecule has 0 amide bonds. The fourth-order valence-electron chi connectivity index (χ4n) is 1.22. The number of rotatable bonds is 0. The lowest BCUT2D eigenvalue weighted by Crippen LogP contribution is -2.12. The molecular formula is C12H13Cl. The van der Waals surface area contributed by atoms with Crippen LogP contribution in [0.2, 0.25) is 5.02 Å². The lowest BCUT2D eigenvalue weighted by Gasteiger charge is -2.20. The molecule has 0 aliphatic heterocycles.